The third-order valence-electron chi connectivity index (χ3n) is 5.14. The number of aromatic nitrogens is 4. The molecule has 2 aromatic carbocycles. The zero-order valence-electron chi connectivity index (χ0n) is 20.3. The van der Waals surface area contributed by atoms with Gasteiger partial charge in [0.1, 0.15) is 0 Å². The fraction of sp³-hybridized carbons (Fsp3) is 0.480. The van der Waals surface area contributed by atoms with Gasteiger partial charge in [0.25, 0.3) is 0 Å². The van der Waals surface area contributed by atoms with Crippen molar-refractivity contribution in [3.63, 3.8) is 0 Å². The highest BCUT2D eigenvalue weighted by atomic mass is 16.5. The van der Waals surface area contributed by atoms with Gasteiger partial charge in [-0.05, 0) is 72.9 Å². The number of nitrogens with one attached hydrogen (secondary N) is 1. The van der Waals surface area contributed by atoms with E-state index in [1.165, 1.54) is 5.56 Å². The Bertz CT molecular complexity index is 1020. The molecule has 3 aromatic rings. The largest absolute Gasteiger partial charge is 0.493 e. The molecule has 172 valence electrons. The van der Waals surface area contributed by atoms with Crippen LogP contribution >= 0.6 is 0 Å². The van der Waals surface area contributed by atoms with Gasteiger partial charge in [-0.3, -0.25) is 0 Å². The summed E-state index contributed by atoms with van der Waals surface area (Å²) in [6.07, 6.45) is 1.08. The van der Waals surface area contributed by atoms with Crippen LogP contribution in [-0.4, -0.2) is 32.9 Å². The predicted molar refractivity (Wildman–Crippen MR) is 126 cm³/mol. The number of ether oxygens (including phenoxy) is 2. The highest BCUT2D eigenvalue weighted by Gasteiger charge is 2.24. The van der Waals surface area contributed by atoms with Crippen LogP contribution in [0.3, 0.4) is 0 Å². The molecule has 1 N–H and O–H groups in total. The topological polar surface area (TPSA) is 74.1 Å². The minimum atomic E-state index is 0.0354. The molecule has 7 nitrogen and oxygen atoms in total. The lowest BCUT2D eigenvalue weighted by molar-refractivity contribution is 0.240. The van der Waals surface area contributed by atoms with E-state index >= 15 is 0 Å². The van der Waals surface area contributed by atoms with Crippen molar-refractivity contribution < 1.29 is 9.47 Å². The Hall–Kier alpha value is -2.93. The van der Waals surface area contributed by atoms with Crippen LogP contribution in [-0.2, 0) is 13.2 Å². The van der Waals surface area contributed by atoms with E-state index in [1.54, 1.807) is 11.8 Å². The monoisotopic (exact) mass is 437 g/mol. The van der Waals surface area contributed by atoms with E-state index in [1.807, 2.05) is 43.3 Å². The number of hydrogen-bond donors (Lipinski definition) is 1. The number of hydrogen-bond acceptors (Lipinski definition) is 6. The maximum absolute atomic E-state index is 6.02. The van der Waals surface area contributed by atoms with Crippen molar-refractivity contribution >= 4 is 0 Å². The number of rotatable bonds is 9. The molecule has 7 heteroatoms. The van der Waals surface area contributed by atoms with Crippen molar-refractivity contribution in [3.8, 4) is 17.2 Å². The summed E-state index contributed by atoms with van der Waals surface area (Å²) in [5.41, 5.74) is 3.51. The Kier molecular flexibility index (Phi) is 7.19. The first-order valence-corrected chi connectivity index (χ1v) is 11.0. The van der Waals surface area contributed by atoms with E-state index in [9.17, 15) is 0 Å². The average molecular weight is 438 g/mol. The summed E-state index contributed by atoms with van der Waals surface area (Å²) in [5.74, 6) is 1.96. The fourth-order valence-electron chi connectivity index (χ4n) is 4.00. The zero-order valence-corrected chi connectivity index (χ0v) is 20.3. The first-order chi connectivity index (χ1) is 15.1. The lowest BCUT2D eigenvalue weighted by atomic mass is 9.82. The molecule has 1 heterocycles. The van der Waals surface area contributed by atoms with Gasteiger partial charge in [-0.1, -0.05) is 44.5 Å². The van der Waals surface area contributed by atoms with Crippen LogP contribution in [0.25, 0.3) is 5.69 Å². The van der Waals surface area contributed by atoms with Crippen LogP contribution < -0.4 is 14.8 Å². The third kappa shape index (κ3) is 6.53. The summed E-state index contributed by atoms with van der Waals surface area (Å²) < 4.78 is 13.3. The molecule has 1 aromatic heterocycles. The van der Waals surface area contributed by atoms with Crippen LogP contribution in [0.5, 0.6) is 11.5 Å². The van der Waals surface area contributed by atoms with E-state index in [0.717, 1.165) is 24.2 Å². The molecule has 0 aliphatic carbocycles. The number of methoxy groups -OCH3 is 1. The molecule has 0 atom stereocenters. The highest BCUT2D eigenvalue weighted by molar-refractivity contribution is 5.43. The fourth-order valence-corrected chi connectivity index (χ4v) is 4.00. The lowest BCUT2D eigenvalue weighted by Crippen LogP contribution is -2.41. The van der Waals surface area contributed by atoms with Crippen molar-refractivity contribution in [3.05, 3.63) is 59.4 Å². The normalized spacial score (nSPS) is 12.1. The zero-order chi connectivity index (χ0) is 23.4. The second-order valence-electron chi connectivity index (χ2n) is 10.1. The average Bonchev–Trinajstić information content (AvgIpc) is 3.18. The molecule has 0 saturated carbocycles. The molecule has 3 rings (SSSR count). The van der Waals surface area contributed by atoms with Gasteiger partial charge in [0.05, 0.1) is 12.8 Å². The van der Waals surface area contributed by atoms with Crippen LogP contribution in [0, 0.1) is 12.3 Å². The van der Waals surface area contributed by atoms with E-state index in [0.29, 0.717) is 17.3 Å². The molecule has 0 aliphatic heterocycles. The molecule has 0 unspecified atom stereocenters. The van der Waals surface area contributed by atoms with E-state index in [4.69, 9.17) is 9.47 Å². The molecule has 0 spiro atoms. The first-order valence-electron chi connectivity index (χ1n) is 11.0. The minimum Gasteiger partial charge on any atom is -0.493 e. The minimum absolute atomic E-state index is 0.0354. The van der Waals surface area contributed by atoms with E-state index in [2.05, 4.69) is 61.5 Å². The molecular formula is C25H35N5O2. The summed E-state index contributed by atoms with van der Waals surface area (Å²) in [6.45, 7) is 14.3. The molecule has 0 saturated heterocycles. The van der Waals surface area contributed by atoms with Gasteiger partial charge in [-0.2, -0.15) is 4.68 Å². The maximum Gasteiger partial charge on any atom is 0.194 e. The van der Waals surface area contributed by atoms with E-state index in [-0.39, 0.29) is 17.6 Å². The van der Waals surface area contributed by atoms with Crippen molar-refractivity contribution in [1.29, 1.82) is 0 Å². The Morgan fingerprint density at radius 1 is 0.969 bits per heavy atom. The lowest BCUT2D eigenvalue weighted by Gasteiger charge is -2.33. The van der Waals surface area contributed by atoms with E-state index < -0.39 is 0 Å². The summed E-state index contributed by atoms with van der Waals surface area (Å²) in [4.78, 5) is 0. The molecular weight excluding hydrogens is 402 g/mol. The Labute approximate surface area is 191 Å². The molecule has 0 fully saturated rings. The molecule has 0 aliphatic rings. The number of benzene rings is 2. The van der Waals surface area contributed by atoms with Gasteiger partial charge in [0.15, 0.2) is 23.9 Å². The molecule has 0 bridgehead atoms. The Morgan fingerprint density at radius 3 is 2.34 bits per heavy atom. The number of aryl methyl sites for hydroxylation is 1. The van der Waals surface area contributed by atoms with Gasteiger partial charge < -0.3 is 14.8 Å². The summed E-state index contributed by atoms with van der Waals surface area (Å²) in [7, 11) is 1.65. The second kappa shape index (κ2) is 9.69. The summed E-state index contributed by atoms with van der Waals surface area (Å²) >= 11 is 0. The number of nitrogens with zero attached hydrogens (tertiary/aromatic N) is 4. The number of tetrazole rings is 1. The highest BCUT2D eigenvalue weighted by Crippen LogP contribution is 2.30. The van der Waals surface area contributed by atoms with Crippen molar-refractivity contribution in [2.75, 3.05) is 7.11 Å². The van der Waals surface area contributed by atoms with Crippen molar-refractivity contribution in [1.82, 2.24) is 25.5 Å². The van der Waals surface area contributed by atoms with Gasteiger partial charge in [0.2, 0.25) is 0 Å². The summed E-state index contributed by atoms with van der Waals surface area (Å²) in [5, 5.41) is 15.7. The summed E-state index contributed by atoms with van der Waals surface area (Å²) in [6, 6.07) is 14.0. The maximum atomic E-state index is 6.02. The second-order valence-corrected chi connectivity index (χ2v) is 10.1. The SMILES string of the molecule is COc1cc(CNC(C)(C)CC(C)(C)C)ccc1OCc1nnnn1-c1ccc(C)cc1. The smallest absolute Gasteiger partial charge is 0.194 e. The molecule has 0 amide bonds. The van der Waals surface area contributed by atoms with Gasteiger partial charge in [-0.15, -0.1) is 5.10 Å². The van der Waals surface area contributed by atoms with Crippen LogP contribution in [0.2, 0.25) is 0 Å². The van der Waals surface area contributed by atoms with Crippen molar-refractivity contribution in [2.45, 2.75) is 66.7 Å². The van der Waals surface area contributed by atoms with Crippen molar-refractivity contribution in [2.24, 2.45) is 5.41 Å². The van der Waals surface area contributed by atoms with Gasteiger partial charge in [-0.25, -0.2) is 0 Å². The van der Waals surface area contributed by atoms with Crippen LogP contribution in [0.1, 0.15) is 58.0 Å². The van der Waals surface area contributed by atoms with Gasteiger partial charge in [0, 0.05) is 12.1 Å². The van der Waals surface area contributed by atoms with Gasteiger partial charge >= 0.3 is 0 Å². The standard InChI is InChI=1S/C25H35N5O2/c1-18-8-11-20(12-9-18)30-23(27-28-29-30)16-32-21-13-10-19(14-22(21)31-7)15-26-25(5,6)17-24(2,3)4/h8-14,26H,15-17H2,1-7H3. The quantitative estimate of drug-likeness (QED) is 0.515. The van der Waals surface area contributed by atoms with Crippen LogP contribution in [0.15, 0.2) is 42.5 Å². The Morgan fingerprint density at radius 2 is 1.69 bits per heavy atom. The predicted octanol–water partition coefficient (Wildman–Crippen LogP) is 4.86. The first kappa shape index (κ1) is 23.7. The third-order valence-corrected chi connectivity index (χ3v) is 5.14. The molecule has 32 heavy (non-hydrogen) atoms. The van der Waals surface area contributed by atoms with Crippen LogP contribution in [0.4, 0.5) is 0 Å². The molecule has 0 radical (unpaired) electrons. The Balaban J connectivity index is 1.66.